The highest BCUT2D eigenvalue weighted by molar-refractivity contribution is 6.13. The summed E-state index contributed by atoms with van der Waals surface area (Å²) in [6, 6.07) is 62.3. The van der Waals surface area contributed by atoms with Crippen molar-refractivity contribution < 1.29 is 0 Å². The lowest BCUT2D eigenvalue weighted by Crippen LogP contribution is -2.04. The zero-order chi connectivity index (χ0) is 36.5. The first-order chi connectivity index (χ1) is 26.7. The lowest BCUT2D eigenvalue weighted by Gasteiger charge is -2.11. The Morgan fingerprint density at radius 2 is 1.00 bits per heavy atom. The number of rotatable bonds is 8. The predicted octanol–water partition coefficient (Wildman–Crippen LogP) is 11.1. The number of hydrogen-bond acceptors (Lipinski definition) is 4. The Bertz CT molecular complexity index is 2530. The lowest BCUT2D eigenvalue weighted by atomic mass is 9.99. The molecule has 0 unspecified atom stereocenters. The third kappa shape index (κ3) is 7.88. The van der Waals surface area contributed by atoms with Gasteiger partial charge in [0.15, 0.2) is 11.7 Å². The van der Waals surface area contributed by atoms with Crippen molar-refractivity contribution in [3.8, 4) is 56.3 Å². The van der Waals surface area contributed by atoms with Crippen LogP contribution in [0.3, 0.4) is 0 Å². The number of pyridine rings is 3. The Morgan fingerprint density at radius 3 is 1.74 bits per heavy atom. The Hall–Kier alpha value is -7.44. The molecule has 8 aromatic rings. The number of nitrogens with one attached hydrogen (secondary N) is 1. The molecule has 0 radical (unpaired) electrons. The van der Waals surface area contributed by atoms with Gasteiger partial charge in [-0.3, -0.25) is 10.4 Å². The quantitative estimate of drug-likeness (QED) is 0.127. The summed E-state index contributed by atoms with van der Waals surface area (Å²) < 4.78 is 0. The summed E-state index contributed by atoms with van der Waals surface area (Å²) in [5.41, 5.74) is 11.7. The summed E-state index contributed by atoms with van der Waals surface area (Å²) in [5, 5.41) is 8.67. The second-order valence-corrected chi connectivity index (χ2v) is 12.6. The van der Waals surface area contributed by atoms with Crippen LogP contribution in [0, 0.1) is 5.41 Å². The molecule has 0 bridgehead atoms. The van der Waals surface area contributed by atoms with Crippen LogP contribution in [0.25, 0.3) is 56.3 Å². The predicted molar refractivity (Wildman–Crippen MR) is 221 cm³/mol. The number of amidine groups is 2. The molecule has 0 spiro atoms. The van der Waals surface area contributed by atoms with Gasteiger partial charge in [0, 0.05) is 29.1 Å². The normalized spacial score (nSPS) is 11.4. The average molecular weight is 695 g/mol. The Morgan fingerprint density at radius 1 is 0.426 bits per heavy atom. The fourth-order valence-corrected chi connectivity index (χ4v) is 6.12. The minimum atomic E-state index is 0.150. The topological polar surface area (TPSA) is 87.2 Å². The molecule has 3 heterocycles. The van der Waals surface area contributed by atoms with Gasteiger partial charge in [-0.2, -0.15) is 0 Å². The van der Waals surface area contributed by atoms with Crippen molar-refractivity contribution in [3.63, 3.8) is 0 Å². The van der Waals surface area contributed by atoms with Crippen molar-refractivity contribution in [1.82, 2.24) is 15.0 Å². The number of benzene rings is 5. The second-order valence-electron chi connectivity index (χ2n) is 12.6. The fraction of sp³-hybridized carbons (Fsp3) is 0. The van der Waals surface area contributed by atoms with E-state index in [1.54, 1.807) is 12.4 Å². The summed E-state index contributed by atoms with van der Waals surface area (Å²) >= 11 is 0. The van der Waals surface area contributed by atoms with Gasteiger partial charge in [-0.25, -0.2) is 20.0 Å². The Balaban J connectivity index is 1.10. The van der Waals surface area contributed by atoms with E-state index in [1.165, 1.54) is 0 Å². The molecule has 0 saturated heterocycles. The van der Waals surface area contributed by atoms with Crippen LogP contribution in [0.2, 0.25) is 0 Å². The summed E-state index contributed by atoms with van der Waals surface area (Å²) in [6.07, 6.45) is 3.57. The molecule has 54 heavy (non-hydrogen) atoms. The van der Waals surface area contributed by atoms with E-state index < -0.39 is 0 Å². The molecule has 256 valence electrons. The van der Waals surface area contributed by atoms with Crippen LogP contribution >= 0.6 is 0 Å². The molecule has 0 aliphatic rings. The van der Waals surface area contributed by atoms with Gasteiger partial charge >= 0.3 is 0 Å². The van der Waals surface area contributed by atoms with E-state index in [2.05, 4.69) is 70.6 Å². The van der Waals surface area contributed by atoms with Crippen molar-refractivity contribution in [3.05, 3.63) is 211 Å². The van der Waals surface area contributed by atoms with Crippen LogP contribution < -0.4 is 0 Å². The zero-order valence-electron chi connectivity index (χ0n) is 29.3. The molecule has 0 amide bonds. The second kappa shape index (κ2) is 15.8. The fourth-order valence-electron chi connectivity index (χ4n) is 6.12. The van der Waals surface area contributed by atoms with Gasteiger partial charge in [-0.1, -0.05) is 146 Å². The highest BCUT2D eigenvalue weighted by atomic mass is 14.9. The standard InChI is InChI=1S/C48H34N6/c49-47(37-18-8-3-9-19-37)54-48(51-33-34-14-4-1-5-15-34)38-27-25-36(26-28-38)39-20-12-21-40(30-39)42-23-13-24-44(52-42)46-32-41(35-16-6-2-7-17-35)31-45(53-46)43-22-10-11-29-50-43/h1-33,49H. The first-order valence-corrected chi connectivity index (χ1v) is 17.7. The van der Waals surface area contributed by atoms with E-state index in [0.29, 0.717) is 5.84 Å². The molecule has 0 aliphatic heterocycles. The van der Waals surface area contributed by atoms with Crippen molar-refractivity contribution >= 4 is 17.9 Å². The van der Waals surface area contributed by atoms with Gasteiger partial charge in [0.05, 0.1) is 28.5 Å². The van der Waals surface area contributed by atoms with E-state index >= 15 is 0 Å². The number of aliphatic imine (C=N–C) groups is 2. The van der Waals surface area contributed by atoms with Crippen molar-refractivity contribution in [2.45, 2.75) is 0 Å². The molecule has 0 atom stereocenters. The smallest absolute Gasteiger partial charge is 0.161 e. The summed E-state index contributed by atoms with van der Waals surface area (Å²) in [5.74, 6) is 0.613. The molecule has 0 saturated carbocycles. The van der Waals surface area contributed by atoms with E-state index in [9.17, 15) is 0 Å². The molecule has 1 N–H and O–H groups in total. The van der Waals surface area contributed by atoms with E-state index in [-0.39, 0.29) is 5.84 Å². The largest absolute Gasteiger partial charge is 0.282 e. The summed E-state index contributed by atoms with van der Waals surface area (Å²) in [7, 11) is 0. The average Bonchev–Trinajstić information content (AvgIpc) is 3.26. The van der Waals surface area contributed by atoms with Crippen molar-refractivity contribution in [2.24, 2.45) is 9.98 Å². The first kappa shape index (κ1) is 33.7. The Kier molecular flexibility index (Phi) is 9.89. The van der Waals surface area contributed by atoms with Gasteiger partial charge in [-0.15, -0.1) is 0 Å². The lowest BCUT2D eigenvalue weighted by molar-refractivity contribution is 1.22. The maximum absolute atomic E-state index is 8.67. The molecule has 8 rings (SSSR count). The summed E-state index contributed by atoms with van der Waals surface area (Å²) in [6.45, 7) is 0. The van der Waals surface area contributed by atoms with Gasteiger partial charge < -0.3 is 0 Å². The van der Waals surface area contributed by atoms with Gasteiger partial charge in [0.1, 0.15) is 0 Å². The van der Waals surface area contributed by atoms with Gasteiger partial charge in [0.25, 0.3) is 0 Å². The van der Waals surface area contributed by atoms with E-state index in [1.807, 2.05) is 127 Å². The van der Waals surface area contributed by atoms with Crippen LogP contribution in [0.15, 0.2) is 204 Å². The van der Waals surface area contributed by atoms with Crippen molar-refractivity contribution in [1.29, 1.82) is 5.41 Å². The molecule has 5 aromatic carbocycles. The third-order valence-corrected chi connectivity index (χ3v) is 8.91. The highest BCUT2D eigenvalue weighted by Crippen LogP contribution is 2.31. The van der Waals surface area contributed by atoms with E-state index in [4.69, 9.17) is 20.4 Å². The number of aromatic nitrogens is 3. The van der Waals surface area contributed by atoms with Crippen LogP contribution in [-0.4, -0.2) is 32.8 Å². The monoisotopic (exact) mass is 694 g/mol. The first-order valence-electron chi connectivity index (χ1n) is 17.7. The molecular weight excluding hydrogens is 661 g/mol. The summed E-state index contributed by atoms with van der Waals surface area (Å²) in [4.78, 5) is 24.1. The minimum absolute atomic E-state index is 0.150. The van der Waals surface area contributed by atoms with Crippen LogP contribution in [0.5, 0.6) is 0 Å². The molecule has 6 nitrogen and oxygen atoms in total. The maximum Gasteiger partial charge on any atom is 0.161 e. The molecule has 6 heteroatoms. The maximum atomic E-state index is 8.67. The molecule has 3 aromatic heterocycles. The van der Waals surface area contributed by atoms with Crippen LogP contribution in [0.1, 0.15) is 16.7 Å². The highest BCUT2D eigenvalue weighted by Gasteiger charge is 2.13. The van der Waals surface area contributed by atoms with Crippen molar-refractivity contribution in [2.75, 3.05) is 0 Å². The van der Waals surface area contributed by atoms with Crippen LogP contribution in [0.4, 0.5) is 0 Å². The Labute approximate surface area is 314 Å². The van der Waals surface area contributed by atoms with E-state index in [0.717, 1.165) is 73.0 Å². The molecule has 0 fully saturated rings. The zero-order valence-corrected chi connectivity index (χ0v) is 29.3. The SMILES string of the molecule is N=C(N=C(N=Cc1ccccc1)c1ccc(-c2cccc(-c3cccc(-c4cc(-c5ccccc5)cc(-c5ccccn5)n4)n3)c2)cc1)c1ccccc1. The number of nitrogens with zero attached hydrogens (tertiary/aromatic N) is 5. The van der Waals surface area contributed by atoms with Gasteiger partial charge in [-0.05, 0) is 70.3 Å². The number of hydrogen-bond donors (Lipinski definition) is 1. The molecular formula is C48H34N6. The van der Waals surface area contributed by atoms with Crippen LogP contribution in [-0.2, 0) is 0 Å². The molecule has 0 aliphatic carbocycles. The minimum Gasteiger partial charge on any atom is -0.282 e. The third-order valence-electron chi connectivity index (χ3n) is 8.91. The van der Waals surface area contributed by atoms with Gasteiger partial charge in [0.2, 0.25) is 0 Å².